The molecule has 0 unspecified atom stereocenters. The number of phosphoric acid groups is 3. The van der Waals surface area contributed by atoms with Crippen molar-refractivity contribution in [2.75, 3.05) is 6.61 Å². The standard InChI is InChI=1S/C13H15NO5.H5O10P3/c1-6-2-3-8-7(4-6)14-13(19-8)12-11(17)10(16)9(5-15)18-12;1-11(2,3)9-13(7,8)10-12(4,5)6/h2-4,9-12,15-17H,5H2,1H3;(H,7,8)(H2,1,2,3)(H2,4,5,6)/t9-,10-,11-,12-;/m1./s1. The highest BCUT2D eigenvalue weighted by Crippen LogP contribution is 2.64. The highest BCUT2D eigenvalue weighted by molar-refractivity contribution is 7.66. The number of nitrogens with zero attached hydrogens (tertiary/aromatic N) is 1. The average molecular weight is 523 g/mol. The molecule has 4 atom stereocenters. The van der Waals surface area contributed by atoms with Gasteiger partial charge >= 0.3 is 23.5 Å². The molecule has 182 valence electrons. The molecule has 1 aromatic heterocycles. The summed E-state index contributed by atoms with van der Waals surface area (Å²) in [5.41, 5.74) is 2.32. The third-order valence-corrected chi connectivity index (χ3v) is 7.12. The van der Waals surface area contributed by atoms with Crippen molar-refractivity contribution in [2.24, 2.45) is 0 Å². The Morgan fingerprint density at radius 2 is 1.56 bits per heavy atom. The second kappa shape index (κ2) is 10.1. The van der Waals surface area contributed by atoms with Crippen LogP contribution in [0, 0.1) is 6.92 Å². The van der Waals surface area contributed by atoms with Crippen LogP contribution in [0.25, 0.3) is 11.1 Å². The minimum Gasteiger partial charge on any atom is -0.438 e. The van der Waals surface area contributed by atoms with Crippen LogP contribution in [0.15, 0.2) is 22.6 Å². The van der Waals surface area contributed by atoms with Crippen molar-refractivity contribution in [3.8, 4) is 0 Å². The summed E-state index contributed by atoms with van der Waals surface area (Å²) < 4.78 is 47.3. The summed E-state index contributed by atoms with van der Waals surface area (Å²) in [6.45, 7) is 1.58. The molecule has 1 aliphatic heterocycles. The molecule has 0 aliphatic carbocycles. The van der Waals surface area contributed by atoms with Crippen LogP contribution in [0.5, 0.6) is 0 Å². The molecule has 8 N–H and O–H groups in total. The molecule has 0 radical (unpaired) electrons. The first-order chi connectivity index (χ1) is 14.5. The number of aliphatic hydroxyl groups is 3. The smallest absolute Gasteiger partial charge is 0.438 e. The van der Waals surface area contributed by atoms with Crippen LogP contribution >= 0.6 is 23.5 Å². The van der Waals surface area contributed by atoms with Crippen molar-refractivity contribution in [2.45, 2.75) is 31.3 Å². The molecule has 0 spiro atoms. The van der Waals surface area contributed by atoms with Gasteiger partial charge in [0.05, 0.1) is 6.61 Å². The van der Waals surface area contributed by atoms with Crippen LogP contribution in [0.4, 0.5) is 0 Å². The molecule has 1 aliphatic rings. The van der Waals surface area contributed by atoms with Crippen molar-refractivity contribution in [1.29, 1.82) is 0 Å². The first-order valence-electron chi connectivity index (χ1n) is 8.37. The molecule has 3 rings (SSSR count). The maximum Gasteiger partial charge on any atom is 0.490 e. The maximum absolute atomic E-state index is 10.4. The molecule has 1 aromatic carbocycles. The molecule has 16 nitrogen and oxygen atoms in total. The quantitative estimate of drug-likeness (QED) is 0.224. The van der Waals surface area contributed by atoms with E-state index < -0.39 is 47.9 Å². The second-order valence-corrected chi connectivity index (χ2v) is 10.6. The van der Waals surface area contributed by atoms with Crippen molar-refractivity contribution in [3.63, 3.8) is 0 Å². The van der Waals surface area contributed by atoms with Gasteiger partial charge in [-0.15, -0.1) is 0 Å². The number of rotatable bonds is 6. The van der Waals surface area contributed by atoms with E-state index in [0.29, 0.717) is 11.1 Å². The molecule has 32 heavy (non-hydrogen) atoms. The second-order valence-electron chi connectivity index (χ2n) is 6.40. The summed E-state index contributed by atoms with van der Waals surface area (Å²) in [6.07, 6.45) is -3.99. The number of fused-ring (bicyclic) bond motifs is 1. The van der Waals surface area contributed by atoms with Crippen molar-refractivity contribution >= 4 is 34.6 Å². The van der Waals surface area contributed by atoms with E-state index in [2.05, 4.69) is 13.6 Å². The van der Waals surface area contributed by atoms with Crippen LogP contribution in [-0.4, -0.2) is 69.7 Å². The number of ether oxygens (including phenoxy) is 1. The van der Waals surface area contributed by atoms with Gasteiger partial charge in [-0.05, 0) is 24.6 Å². The van der Waals surface area contributed by atoms with Crippen LogP contribution in [0.3, 0.4) is 0 Å². The molecule has 0 bridgehead atoms. The Hall–Kier alpha value is -1.06. The topological polar surface area (TPSA) is 267 Å². The number of aryl methyl sites for hydroxylation is 1. The van der Waals surface area contributed by atoms with Gasteiger partial charge in [-0.1, -0.05) is 6.07 Å². The highest BCUT2D eigenvalue weighted by Gasteiger charge is 2.45. The van der Waals surface area contributed by atoms with Gasteiger partial charge in [0.1, 0.15) is 23.8 Å². The zero-order valence-corrected chi connectivity index (χ0v) is 18.7. The summed E-state index contributed by atoms with van der Waals surface area (Å²) in [4.78, 5) is 44.5. The Kier molecular flexibility index (Phi) is 8.54. The number of hydrogen-bond donors (Lipinski definition) is 8. The monoisotopic (exact) mass is 523 g/mol. The lowest BCUT2D eigenvalue weighted by Crippen LogP contribution is -2.32. The molecule has 0 saturated carbocycles. The van der Waals surface area contributed by atoms with Gasteiger partial charge in [-0.2, -0.15) is 8.62 Å². The lowest BCUT2D eigenvalue weighted by Gasteiger charge is -2.11. The lowest BCUT2D eigenvalue weighted by atomic mass is 10.1. The van der Waals surface area contributed by atoms with Gasteiger partial charge in [-0.25, -0.2) is 18.7 Å². The van der Waals surface area contributed by atoms with Crippen LogP contribution < -0.4 is 0 Å². The van der Waals surface area contributed by atoms with Crippen molar-refractivity contribution in [3.05, 3.63) is 29.7 Å². The van der Waals surface area contributed by atoms with Gasteiger partial charge in [0.25, 0.3) is 0 Å². The van der Waals surface area contributed by atoms with Gasteiger partial charge < -0.3 is 48.9 Å². The summed E-state index contributed by atoms with van der Waals surface area (Å²) in [7, 11) is -16.2. The van der Waals surface area contributed by atoms with Gasteiger partial charge in [0.2, 0.25) is 5.89 Å². The predicted octanol–water partition coefficient (Wildman–Crippen LogP) is -0.404. The molecule has 19 heteroatoms. The van der Waals surface area contributed by atoms with E-state index in [4.69, 9.17) is 38.7 Å². The Bertz CT molecular complexity index is 1050. The third kappa shape index (κ3) is 7.76. The summed E-state index contributed by atoms with van der Waals surface area (Å²) in [6, 6.07) is 5.56. The van der Waals surface area contributed by atoms with E-state index in [1.54, 1.807) is 6.07 Å². The highest BCUT2D eigenvalue weighted by atomic mass is 31.3. The lowest BCUT2D eigenvalue weighted by molar-refractivity contribution is -0.0303. The molecular formula is C13H20NO15P3. The van der Waals surface area contributed by atoms with Crippen LogP contribution in [0.1, 0.15) is 17.6 Å². The van der Waals surface area contributed by atoms with Crippen molar-refractivity contribution in [1.82, 2.24) is 4.98 Å². The zero-order chi connectivity index (χ0) is 24.5. The number of benzene rings is 1. The molecule has 0 amide bonds. The van der Waals surface area contributed by atoms with E-state index in [0.717, 1.165) is 5.56 Å². The fourth-order valence-corrected chi connectivity index (χ4v) is 5.10. The van der Waals surface area contributed by atoms with Gasteiger partial charge in [0, 0.05) is 0 Å². The zero-order valence-electron chi connectivity index (χ0n) is 16.0. The van der Waals surface area contributed by atoms with Gasteiger partial charge in [-0.3, -0.25) is 0 Å². The van der Waals surface area contributed by atoms with E-state index in [-0.39, 0.29) is 12.5 Å². The number of aromatic nitrogens is 1. The number of aliphatic hydroxyl groups excluding tert-OH is 3. The van der Waals surface area contributed by atoms with Crippen molar-refractivity contribution < 1.29 is 71.3 Å². The average Bonchev–Trinajstić information content (AvgIpc) is 3.12. The minimum absolute atomic E-state index is 0.211. The summed E-state index contributed by atoms with van der Waals surface area (Å²) >= 11 is 0. The van der Waals surface area contributed by atoms with Crippen LogP contribution in [0.2, 0.25) is 0 Å². The fourth-order valence-electron chi connectivity index (χ4n) is 2.56. The third-order valence-electron chi connectivity index (χ3n) is 3.76. The Balaban J connectivity index is 0.000000247. The summed E-state index contributed by atoms with van der Waals surface area (Å²) in [5, 5.41) is 28.7. The number of hydrogen-bond acceptors (Lipinski definition) is 11. The number of oxazole rings is 1. The fraction of sp³-hybridized carbons (Fsp3) is 0.462. The Morgan fingerprint density at radius 1 is 1.00 bits per heavy atom. The van der Waals surface area contributed by atoms with E-state index in [1.165, 1.54) is 0 Å². The molecule has 2 heterocycles. The normalized spacial score (nSPS) is 24.4. The van der Waals surface area contributed by atoms with Gasteiger partial charge in [0.15, 0.2) is 11.7 Å². The minimum atomic E-state index is -5.46. The molecular weight excluding hydrogens is 503 g/mol. The maximum atomic E-state index is 10.4. The first-order valence-corrected chi connectivity index (χ1v) is 12.9. The predicted molar refractivity (Wildman–Crippen MR) is 102 cm³/mol. The molecule has 1 fully saturated rings. The molecule has 2 aromatic rings. The van der Waals surface area contributed by atoms with Crippen LogP contribution in [-0.2, 0) is 27.1 Å². The van der Waals surface area contributed by atoms with E-state index in [1.807, 2.05) is 19.1 Å². The molecule has 1 saturated heterocycles. The Labute approximate surface area is 179 Å². The largest absolute Gasteiger partial charge is 0.490 e. The first kappa shape index (κ1) is 27.2. The Morgan fingerprint density at radius 3 is 2.03 bits per heavy atom. The summed E-state index contributed by atoms with van der Waals surface area (Å²) in [5.74, 6) is 0.211. The SMILES string of the molecule is Cc1ccc2oc([C@@H]3O[C@H](CO)[C@@H](O)[C@H]3O)nc2c1.O=P(O)(O)OP(=O)(O)OP(=O)(O)O. The van der Waals surface area contributed by atoms with E-state index in [9.17, 15) is 23.9 Å². The van der Waals surface area contributed by atoms with E-state index >= 15 is 0 Å².